The molecule has 0 aliphatic carbocycles. The summed E-state index contributed by atoms with van der Waals surface area (Å²) in [4.78, 5) is 83.7. The Labute approximate surface area is 257 Å². The topological polar surface area (TPSA) is 234 Å². The standard InChI is InChI=1S/C30H35N5O10/c1-4-35(16-17-5-11-22-20(15-17)25(39)33-29(32-22)45-3)19-8-6-18(7-9-19)26(40)34(2)30(28(43)44,14-13-24(37)38)23(36)12-10-21(31)27(41)42/h5-9,11,15,21H,4,10,12-14,16,31H2,1-3H3,(H,37,38)(H,41,42)(H,43,44)(H,32,33,39)/t21-,30+/m0/s1. The van der Waals surface area contributed by atoms with Crippen molar-refractivity contribution in [2.75, 3.05) is 25.6 Å². The first kappa shape index (κ1) is 34.2. The summed E-state index contributed by atoms with van der Waals surface area (Å²) in [7, 11) is 2.49. The molecule has 2 atom stereocenters. The second-order valence-corrected chi connectivity index (χ2v) is 10.3. The number of nitrogens with one attached hydrogen (secondary N) is 1. The summed E-state index contributed by atoms with van der Waals surface area (Å²) in [5, 5.41) is 28.8. The van der Waals surface area contributed by atoms with Crippen LogP contribution in [0.25, 0.3) is 10.9 Å². The predicted octanol–water partition coefficient (Wildman–Crippen LogP) is 1.48. The van der Waals surface area contributed by atoms with Crippen LogP contribution >= 0.6 is 0 Å². The van der Waals surface area contributed by atoms with E-state index in [1.54, 1.807) is 24.3 Å². The van der Waals surface area contributed by atoms with Crippen LogP contribution in [0.5, 0.6) is 6.01 Å². The molecule has 0 spiro atoms. The molecule has 0 radical (unpaired) electrons. The van der Waals surface area contributed by atoms with E-state index in [1.165, 1.54) is 19.2 Å². The number of carboxylic acid groups (broad SMARTS) is 3. The highest BCUT2D eigenvalue weighted by atomic mass is 16.5. The van der Waals surface area contributed by atoms with Crippen molar-refractivity contribution in [3.63, 3.8) is 0 Å². The molecule has 2 aromatic carbocycles. The second-order valence-electron chi connectivity index (χ2n) is 10.3. The van der Waals surface area contributed by atoms with E-state index >= 15 is 0 Å². The summed E-state index contributed by atoms with van der Waals surface area (Å²) >= 11 is 0. The average molecular weight is 626 g/mol. The number of carbonyl (C=O) groups excluding carboxylic acids is 2. The van der Waals surface area contributed by atoms with Gasteiger partial charge in [-0.05, 0) is 61.7 Å². The lowest BCUT2D eigenvalue weighted by Gasteiger charge is -2.37. The number of benzene rings is 2. The molecule has 0 unspecified atom stereocenters. The van der Waals surface area contributed by atoms with Gasteiger partial charge in [0.2, 0.25) is 0 Å². The molecule has 240 valence electrons. The van der Waals surface area contributed by atoms with Gasteiger partial charge in [0.25, 0.3) is 17.5 Å². The lowest BCUT2D eigenvalue weighted by Crippen LogP contribution is -2.61. The second kappa shape index (κ2) is 14.4. The van der Waals surface area contributed by atoms with Gasteiger partial charge < -0.3 is 35.6 Å². The summed E-state index contributed by atoms with van der Waals surface area (Å²) < 4.78 is 5.01. The van der Waals surface area contributed by atoms with Gasteiger partial charge in [0.05, 0.1) is 18.0 Å². The number of hydrogen-bond acceptors (Lipinski definition) is 10. The van der Waals surface area contributed by atoms with E-state index in [0.717, 1.165) is 12.6 Å². The highest BCUT2D eigenvalue weighted by Crippen LogP contribution is 2.28. The van der Waals surface area contributed by atoms with E-state index in [0.29, 0.717) is 34.6 Å². The molecule has 0 aliphatic rings. The smallest absolute Gasteiger partial charge is 0.337 e. The number of carboxylic acids is 3. The molecule has 3 aromatic rings. The number of methoxy groups -OCH3 is 1. The van der Waals surface area contributed by atoms with Gasteiger partial charge in [-0.2, -0.15) is 4.98 Å². The Hall–Kier alpha value is -5.31. The molecule has 15 heteroatoms. The lowest BCUT2D eigenvalue weighted by molar-refractivity contribution is -0.156. The number of aliphatic carboxylic acids is 3. The Morgan fingerprint density at radius 2 is 1.71 bits per heavy atom. The number of nitrogens with zero attached hydrogens (tertiary/aromatic N) is 3. The number of likely N-dealkylation sites (N-methyl/N-ethyl adjacent to an activating group) is 1. The van der Waals surface area contributed by atoms with E-state index in [1.807, 2.05) is 17.9 Å². The first-order valence-electron chi connectivity index (χ1n) is 13.9. The fraction of sp³-hybridized carbons (Fsp3) is 0.367. The van der Waals surface area contributed by atoms with Crippen molar-refractivity contribution in [2.45, 2.75) is 50.7 Å². The van der Waals surface area contributed by atoms with Crippen molar-refractivity contribution in [3.8, 4) is 6.01 Å². The first-order chi connectivity index (χ1) is 21.2. The van der Waals surface area contributed by atoms with Gasteiger partial charge >= 0.3 is 17.9 Å². The van der Waals surface area contributed by atoms with Gasteiger partial charge in [-0.3, -0.25) is 29.0 Å². The number of anilines is 1. The number of hydrogen-bond donors (Lipinski definition) is 5. The molecular formula is C30H35N5O10. The number of amides is 1. The molecule has 6 N–H and O–H groups in total. The Morgan fingerprint density at radius 1 is 1.04 bits per heavy atom. The van der Waals surface area contributed by atoms with E-state index in [4.69, 9.17) is 15.6 Å². The zero-order chi connectivity index (χ0) is 33.5. The van der Waals surface area contributed by atoms with Crippen LogP contribution in [0.15, 0.2) is 47.3 Å². The van der Waals surface area contributed by atoms with Crippen LogP contribution in [0.3, 0.4) is 0 Å². The Balaban J connectivity index is 1.87. The monoisotopic (exact) mass is 625 g/mol. The molecule has 0 aliphatic heterocycles. The zero-order valence-electron chi connectivity index (χ0n) is 25.0. The number of aromatic amines is 1. The number of fused-ring (bicyclic) bond motifs is 1. The van der Waals surface area contributed by atoms with Gasteiger partial charge in [0.1, 0.15) is 6.04 Å². The number of aromatic nitrogens is 2. The summed E-state index contributed by atoms with van der Waals surface area (Å²) in [6, 6.07) is 10.1. The highest BCUT2D eigenvalue weighted by Gasteiger charge is 2.51. The SMILES string of the molecule is CCN(Cc1ccc2nc(OC)[nH]c(=O)c2c1)c1ccc(C(=O)N(C)[C@@](CCC(=O)O)(C(=O)O)C(=O)CC[C@H](N)C(=O)O)cc1. The van der Waals surface area contributed by atoms with Gasteiger partial charge in [-0.15, -0.1) is 0 Å². The van der Waals surface area contributed by atoms with Crippen molar-refractivity contribution in [2.24, 2.45) is 5.73 Å². The lowest BCUT2D eigenvalue weighted by atomic mass is 9.83. The van der Waals surface area contributed by atoms with Gasteiger partial charge in [0.15, 0.2) is 11.3 Å². The van der Waals surface area contributed by atoms with Crippen molar-refractivity contribution < 1.29 is 44.0 Å². The summed E-state index contributed by atoms with van der Waals surface area (Å²) in [6.07, 6.45) is -2.49. The number of ether oxygens (including phenoxy) is 1. The number of rotatable bonds is 16. The van der Waals surface area contributed by atoms with Gasteiger partial charge in [-0.1, -0.05) is 6.07 Å². The van der Waals surface area contributed by atoms with E-state index in [-0.39, 0.29) is 17.1 Å². The number of Topliss-reactive ketones (excluding diaryl/α,β-unsaturated/α-hetero) is 1. The quantitative estimate of drug-likeness (QED) is 0.142. The van der Waals surface area contributed by atoms with Crippen LogP contribution in [0.4, 0.5) is 5.69 Å². The summed E-state index contributed by atoms with van der Waals surface area (Å²) in [5.74, 6) is -6.42. The minimum Gasteiger partial charge on any atom is -0.481 e. The third-order valence-corrected chi connectivity index (χ3v) is 7.57. The summed E-state index contributed by atoms with van der Waals surface area (Å²) in [6.45, 7) is 2.86. The molecule has 0 fully saturated rings. The number of H-pyrrole nitrogens is 1. The number of ketones is 1. The maximum Gasteiger partial charge on any atom is 0.337 e. The van der Waals surface area contributed by atoms with Crippen LogP contribution in [-0.2, 0) is 25.7 Å². The number of nitrogens with two attached hydrogens (primary N) is 1. The van der Waals surface area contributed by atoms with Crippen LogP contribution in [0.2, 0.25) is 0 Å². The fourth-order valence-corrected chi connectivity index (χ4v) is 4.92. The van der Waals surface area contributed by atoms with Gasteiger partial charge in [-0.25, -0.2) is 4.79 Å². The van der Waals surface area contributed by atoms with Crippen LogP contribution in [0.1, 0.15) is 48.5 Å². The maximum atomic E-state index is 13.5. The summed E-state index contributed by atoms with van der Waals surface area (Å²) in [5.41, 5.74) is 4.57. The maximum absolute atomic E-state index is 13.5. The largest absolute Gasteiger partial charge is 0.481 e. The fourth-order valence-electron chi connectivity index (χ4n) is 4.92. The molecular weight excluding hydrogens is 590 g/mol. The van der Waals surface area contributed by atoms with E-state index in [9.17, 15) is 39.0 Å². The van der Waals surface area contributed by atoms with Crippen LogP contribution in [-0.4, -0.2) is 92.1 Å². The molecule has 1 heterocycles. The van der Waals surface area contributed by atoms with E-state index < -0.39 is 66.9 Å². The molecule has 1 aromatic heterocycles. The third kappa shape index (κ3) is 7.62. The average Bonchev–Trinajstić information content (AvgIpc) is 3.01. The molecule has 0 saturated carbocycles. The van der Waals surface area contributed by atoms with Crippen molar-refractivity contribution in [3.05, 3.63) is 63.9 Å². The third-order valence-electron chi connectivity index (χ3n) is 7.57. The molecule has 0 saturated heterocycles. The minimum atomic E-state index is -2.57. The first-order valence-corrected chi connectivity index (χ1v) is 13.9. The van der Waals surface area contributed by atoms with Crippen LogP contribution in [0, 0.1) is 0 Å². The normalized spacial score (nSPS) is 13.0. The molecule has 15 nitrogen and oxygen atoms in total. The predicted molar refractivity (Wildman–Crippen MR) is 161 cm³/mol. The van der Waals surface area contributed by atoms with Crippen molar-refractivity contribution in [1.29, 1.82) is 0 Å². The minimum absolute atomic E-state index is 0.0329. The van der Waals surface area contributed by atoms with Gasteiger partial charge in [0, 0.05) is 44.2 Å². The highest BCUT2D eigenvalue weighted by molar-refractivity contribution is 6.12. The van der Waals surface area contributed by atoms with Crippen LogP contribution < -0.4 is 20.9 Å². The number of carbonyl (C=O) groups is 5. The Bertz CT molecular complexity index is 1660. The Morgan fingerprint density at radius 3 is 2.27 bits per heavy atom. The Kier molecular flexibility index (Phi) is 11.0. The molecule has 45 heavy (non-hydrogen) atoms. The van der Waals surface area contributed by atoms with Crippen molar-refractivity contribution in [1.82, 2.24) is 14.9 Å². The molecule has 1 amide bonds. The zero-order valence-corrected chi connectivity index (χ0v) is 25.0. The van der Waals surface area contributed by atoms with Crippen molar-refractivity contribution >= 4 is 46.2 Å². The molecule has 3 rings (SSSR count). The van der Waals surface area contributed by atoms with E-state index in [2.05, 4.69) is 9.97 Å². The molecule has 0 bridgehead atoms.